The predicted octanol–water partition coefficient (Wildman–Crippen LogP) is 4.43. The van der Waals surface area contributed by atoms with Crippen LogP contribution < -0.4 is 9.62 Å². The number of hydrogen-bond donors (Lipinski definition) is 2. The number of sulfonamides is 1. The number of halogens is 5. The molecule has 0 amide bonds. The van der Waals surface area contributed by atoms with Gasteiger partial charge >= 0.3 is 6.18 Å². The molecule has 0 aliphatic carbocycles. The van der Waals surface area contributed by atoms with Crippen molar-refractivity contribution >= 4 is 38.5 Å². The first-order valence-corrected chi connectivity index (χ1v) is 13.2. The third kappa shape index (κ3) is 5.53. The summed E-state index contributed by atoms with van der Waals surface area (Å²) in [6, 6.07) is 3.07. The summed E-state index contributed by atoms with van der Waals surface area (Å²) in [5.74, 6) is -4.76. The number of pyridine rings is 1. The van der Waals surface area contributed by atoms with Gasteiger partial charge in [0.25, 0.3) is 0 Å². The Labute approximate surface area is 218 Å². The van der Waals surface area contributed by atoms with Gasteiger partial charge in [0.15, 0.2) is 11.6 Å². The number of aromatic amines is 1. The van der Waals surface area contributed by atoms with Crippen molar-refractivity contribution in [1.82, 2.24) is 19.9 Å². The summed E-state index contributed by atoms with van der Waals surface area (Å²) < 4.78 is 92.4. The highest BCUT2D eigenvalue weighted by molar-refractivity contribution is 7.92. The number of benzene rings is 1. The van der Waals surface area contributed by atoms with Gasteiger partial charge in [-0.1, -0.05) is 0 Å². The first-order valence-electron chi connectivity index (χ1n) is 11.6. The predicted molar refractivity (Wildman–Crippen MR) is 132 cm³/mol. The number of alkyl halides is 3. The van der Waals surface area contributed by atoms with Crippen molar-refractivity contribution in [2.45, 2.75) is 19.0 Å². The van der Waals surface area contributed by atoms with Crippen LogP contribution in [0.4, 0.5) is 33.6 Å². The minimum atomic E-state index is -4.80. The van der Waals surface area contributed by atoms with E-state index in [4.69, 9.17) is 0 Å². The van der Waals surface area contributed by atoms with Crippen LogP contribution >= 0.6 is 0 Å². The second kappa shape index (κ2) is 9.87. The third-order valence-electron chi connectivity index (χ3n) is 6.13. The number of carbonyl (C=O) groups excluding carboxylic acids is 1. The maximum absolute atomic E-state index is 15.2. The van der Waals surface area contributed by atoms with E-state index in [-0.39, 0.29) is 11.2 Å². The molecule has 0 radical (unpaired) electrons. The Bertz CT molecular complexity index is 1670. The lowest BCUT2D eigenvalue weighted by Gasteiger charge is -2.30. The minimum absolute atomic E-state index is 0.0474. The van der Waals surface area contributed by atoms with E-state index in [1.54, 1.807) is 18.5 Å². The molecule has 204 valence electrons. The average molecular weight is 567 g/mol. The maximum Gasteiger partial charge on any atom is 0.390 e. The molecule has 1 saturated heterocycles. The van der Waals surface area contributed by atoms with Gasteiger partial charge in [-0.05, 0) is 24.6 Å². The Kier molecular flexibility index (Phi) is 6.70. The number of H-pyrrole nitrogens is 1. The molecule has 2 N–H and O–H groups in total. The van der Waals surface area contributed by atoms with Gasteiger partial charge in [-0.15, -0.1) is 0 Å². The lowest BCUT2D eigenvalue weighted by molar-refractivity contribution is -0.129. The van der Waals surface area contributed by atoms with Crippen LogP contribution in [-0.4, -0.2) is 59.2 Å². The number of nitrogens with one attached hydrogen (secondary N) is 2. The highest BCUT2D eigenvalue weighted by Gasteiger charge is 2.31. The fourth-order valence-corrected chi connectivity index (χ4v) is 5.02. The van der Waals surface area contributed by atoms with E-state index in [0.29, 0.717) is 28.5 Å². The molecule has 0 saturated carbocycles. The lowest BCUT2D eigenvalue weighted by Crippen LogP contribution is -2.38. The summed E-state index contributed by atoms with van der Waals surface area (Å²) in [6.07, 6.45) is 0.555. The fraction of sp³-hybridized carbons (Fsp3) is 0.250. The molecule has 0 atom stereocenters. The topological polar surface area (TPSA) is 121 Å². The third-order valence-corrected chi connectivity index (χ3v) is 7.39. The smallest absolute Gasteiger partial charge is 0.345 e. The van der Waals surface area contributed by atoms with Gasteiger partial charge in [0.05, 0.1) is 17.7 Å². The van der Waals surface area contributed by atoms with Crippen LogP contribution in [-0.2, 0) is 10.0 Å². The van der Waals surface area contributed by atoms with Gasteiger partial charge in [0, 0.05) is 60.0 Å². The van der Waals surface area contributed by atoms with Crippen molar-refractivity contribution < 1.29 is 35.2 Å². The Morgan fingerprint density at radius 1 is 1.03 bits per heavy atom. The molecule has 0 unspecified atom stereocenters. The van der Waals surface area contributed by atoms with E-state index in [1.807, 2.05) is 4.90 Å². The van der Waals surface area contributed by atoms with Gasteiger partial charge in [0.2, 0.25) is 16.0 Å². The molecule has 1 aromatic carbocycles. The summed E-state index contributed by atoms with van der Waals surface area (Å²) in [4.78, 5) is 31.0. The van der Waals surface area contributed by atoms with Gasteiger partial charge in [-0.2, -0.15) is 13.2 Å². The van der Waals surface area contributed by atoms with Crippen molar-refractivity contribution in [2.75, 3.05) is 28.5 Å². The van der Waals surface area contributed by atoms with Gasteiger partial charge < -0.3 is 9.88 Å². The molecular weight excluding hydrogens is 547 g/mol. The monoisotopic (exact) mass is 566 g/mol. The summed E-state index contributed by atoms with van der Waals surface area (Å²) in [6.45, 7) is 1.75. The molecular formula is C24H19F5N6O3S. The van der Waals surface area contributed by atoms with E-state index < -0.39 is 57.0 Å². The average Bonchev–Trinajstić information content (AvgIpc) is 3.28. The van der Waals surface area contributed by atoms with E-state index >= 15 is 4.39 Å². The van der Waals surface area contributed by atoms with E-state index in [2.05, 4.69) is 19.9 Å². The van der Waals surface area contributed by atoms with Crippen LogP contribution in [0.1, 0.15) is 28.8 Å². The second-order valence-corrected chi connectivity index (χ2v) is 10.7. The molecule has 4 aromatic rings. The zero-order valence-corrected chi connectivity index (χ0v) is 20.7. The Morgan fingerprint density at radius 3 is 2.36 bits per heavy atom. The zero-order chi connectivity index (χ0) is 27.9. The molecule has 5 rings (SSSR count). The molecule has 1 aliphatic heterocycles. The Balaban J connectivity index is 1.45. The number of aromatic nitrogens is 4. The second-order valence-electron chi connectivity index (χ2n) is 8.83. The number of ketones is 1. The molecule has 0 bridgehead atoms. The van der Waals surface area contributed by atoms with Gasteiger partial charge in [-0.25, -0.2) is 32.2 Å². The number of anilines is 2. The van der Waals surface area contributed by atoms with Crippen molar-refractivity contribution in [2.24, 2.45) is 0 Å². The SMILES string of the molecule is O=C(c1ccc(F)c(NS(=O)(=O)CCC(F)(F)F)c1F)c1c[nH]c2ncc(-c3cnc(N4CCC4)nc3)cc12. The zero-order valence-electron chi connectivity index (χ0n) is 19.9. The molecule has 0 spiro atoms. The number of fused-ring (bicyclic) bond motifs is 1. The van der Waals surface area contributed by atoms with Crippen LogP contribution in [0.15, 0.2) is 43.0 Å². The summed E-state index contributed by atoms with van der Waals surface area (Å²) in [5.41, 5.74) is -0.537. The van der Waals surface area contributed by atoms with E-state index in [1.165, 1.54) is 17.1 Å². The highest BCUT2D eigenvalue weighted by Crippen LogP contribution is 2.30. The Morgan fingerprint density at radius 2 is 1.72 bits per heavy atom. The van der Waals surface area contributed by atoms with Crippen molar-refractivity contribution in [3.05, 3.63) is 65.7 Å². The molecule has 15 heteroatoms. The molecule has 4 heterocycles. The maximum atomic E-state index is 15.2. The largest absolute Gasteiger partial charge is 0.390 e. The Hall–Kier alpha value is -4.14. The first-order chi connectivity index (χ1) is 18.4. The number of hydrogen-bond acceptors (Lipinski definition) is 7. The van der Waals surface area contributed by atoms with E-state index in [0.717, 1.165) is 25.6 Å². The van der Waals surface area contributed by atoms with Gasteiger partial charge in [0.1, 0.15) is 17.2 Å². The summed E-state index contributed by atoms with van der Waals surface area (Å²) in [5, 5.41) is 0.292. The number of rotatable bonds is 8. The molecule has 1 aliphatic rings. The molecule has 9 nitrogen and oxygen atoms in total. The lowest BCUT2D eigenvalue weighted by atomic mass is 10.0. The quantitative estimate of drug-likeness (QED) is 0.239. The van der Waals surface area contributed by atoms with Crippen LogP contribution in [0.3, 0.4) is 0 Å². The molecule has 1 fully saturated rings. The number of carbonyl (C=O) groups is 1. The molecule has 39 heavy (non-hydrogen) atoms. The van der Waals surface area contributed by atoms with E-state index in [9.17, 15) is 30.8 Å². The molecule has 3 aromatic heterocycles. The summed E-state index contributed by atoms with van der Waals surface area (Å²) in [7, 11) is -4.78. The minimum Gasteiger partial charge on any atom is -0.345 e. The fourth-order valence-electron chi connectivity index (χ4n) is 3.92. The van der Waals surface area contributed by atoms with Crippen LogP contribution in [0, 0.1) is 11.6 Å². The van der Waals surface area contributed by atoms with Crippen molar-refractivity contribution in [3.63, 3.8) is 0 Å². The highest BCUT2D eigenvalue weighted by atomic mass is 32.2. The van der Waals surface area contributed by atoms with Crippen LogP contribution in [0.2, 0.25) is 0 Å². The normalized spacial score (nSPS) is 13.9. The van der Waals surface area contributed by atoms with Crippen LogP contribution in [0.25, 0.3) is 22.2 Å². The van der Waals surface area contributed by atoms with Crippen LogP contribution in [0.5, 0.6) is 0 Å². The van der Waals surface area contributed by atoms with Crippen molar-refractivity contribution in [1.29, 1.82) is 0 Å². The standard InChI is InChI=1S/C24H19F5N6O3S/c25-18-3-2-15(19(26)20(18)34-39(37,38)7-4-24(27,28)29)21(36)17-12-31-22-16(17)8-13(9-30-22)14-10-32-23(33-11-14)35-5-1-6-35/h2-3,8-12,34H,1,4-7H2,(H,30,31). The first kappa shape index (κ1) is 26.5. The van der Waals surface area contributed by atoms with Gasteiger partial charge in [-0.3, -0.25) is 9.52 Å². The van der Waals surface area contributed by atoms with Crippen molar-refractivity contribution in [3.8, 4) is 11.1 Å². The number of nitrogens with zero attached hydrogens (tertiary/aromatic N) is 4. The summed E-state index contributed by atoms with van der Waals surface area (Å²) >= 11 is 0.